The molecule has 2 aliphatic rings. The van der Waals surface area contributed by atoms with E-state index in [0.717, 1.165) is 32.4 Å². The van der Waals surface area contributed by atoms with Crippen molar-refractivity contribution in [3.05, 3.63) is 0 Å². The Bertz CT molecular complexity index is 363. The molecule has 1 amide bonds. The molecule has 2 fully saturated rings. The number of hydrogen-bond acceptors (Lipinski definition) is 4. The SMILES string of the molecule is CCOC1CC(O)C12CCN(CC(=O)N(C)C(C)C)CC2. The molecule has 1 spiro atoms. The van der Waals surface area contributed by atoms with Gasteiger partial charge in [0.25, 0.3) is 0 Å². The third-order valence-electron chi connectivity index (χ3n) is 5.42. The summed E-state index contributed by atoms with van der Waals surface area (Å²) in [6.45, 7) is 9.01. The molecule has 21 heavy (non-hydrogen) atoms. The molecule has 0 radical (unpaired) electrons. The van der Waals surface area contributed by atoms with Gasteiger partial charge in [0.2, 0.25) is 5.91 Å². The number of nitrogens with zero attached hydrogens (tertiary/aromatic N) is 2. The van der Waals surface area contributed by atoms with Gasteiger partial charge in [-0.2, -0.15) is 0 Å². The Hall–Kier alpha value is -0.650. The van der Waals surface area contributed by atoms with Gasteiger partial charge >= 0.3 is 0 Å². The molecule has 0 aromatic rings. The number of carbonyl (C=O) groups is 1. The maximum absolute atomic E-state index is 12.1. The van der Waals surface area contributed by atoms with Crippen LogP contribution in [0.15, 0.2) is 0 Å². The van der Waals surface area contributed by atoms with E-state index in [-0.39, 0.29) is 29.6 Å². The molecule has 1 N–H and O–H groups in total. The number of hydrogen-bond donors (Lipinski definition) is 1. The lowest BCUT2D eigenvalue weighted by atomic mass is 9.58. The van der Waals surface area contributed by atoms with E-state index in [1.807, 2.05) is 27.8 Å². The van der Waals surface area contributed by atoms with Gasteiger partial charge in [0, 0.05) is 31.5 Å². The summed E-state index contributed by atoms with van der Waals surface area (Å²) in [5.74, 6) is 0.177. The van der Waals surface area contributed by atoms with E-state index in [0.29, 0.717) is 13.2 Å². The van der Waals surface area contributed by atoms with Gasteiger partial charge in [0.05, 0.1) is 18.8 Å². The van der Waals surface area contributed by atoms with Crippen LogP contribution < -0.4 is 0 Å². The second-order valence-electron chi connectivity index (χ2n) is 6.80. The first-order chi connectivity index (χ1) is 9.90. The van der Waals surface area contributed by atoms with Crippen LogP contribution >= 0.6 is 0 Å². The molecule has 0 bridgehead atoms. The van der Waals surface area contributed by atoms with Gasteiger partial charge in [-0.05, 0) is 46.7 Å². The van der Waals surface area contributed by atoms with E-state index in [1.54, 1.807) is 4.90 Å². The summed E-state index contributed by atoms with van der Waals surface area (Å²) in [6.07, 6.45) is 2.59. The smallest absolute Gasteiger partial charge is 0.236 e. The van der Waals surface area contributed by atoms with E-state index in [1.165, 1.54) is 0 Å². The molecule has 122 valence electrons. The largest absolute Gasteiger partial charge is 0.392 e. The highest BCUT2D eigenvalue weighted by molar-refractivity contribution is 5.78. The number of likely N-dealkylation sites (tertiary alicyclic amines) is 1. The Labute approximate surface area is 128 Å². The minimum Gasteiger partial charge on any atom is -0.392 e. The number of rotatable bonds is 5. The number of likely N-dealkylation sites (N-methyl/N-ethyl adjacent to an activating group) is 1. The average molecular weight is 298 g/mol. The van der Waals surface area contributed by atoms with Gasteiger partial charge in [-0.15, -0.1) is 0 Å². The molecule has 1 aliphatic heterocycles. The van der Waals surface area contributed by atoms with Gasteiger partial charge in [0.1, 0.15) is 0 Å². The van der Waals surface area contributed by atoms with Gasteiger partial charge < -0.3 is 14.7 Å². The molecular weight excluding hydrogens is 268 g/mol. The molecule has 1 heterocycles. The third-order valence-corrected chi connectivity index (χ3v) is 5.42. The molecule has 1 saturated heterocycles. The Kier molecular flexibility index (Phi) is 5.28. The first kappa shape index (κ1) is 16.7. The lowest BCUT2D eigenvalue weighted by Gasteiger charge is -2.56. The fourth-order valence-electron chi connectivity index (χ4n) is 3.53. The number of ether oxygens (including phenoxy) is 1. The fraction of sp³-hybridized carbons (Fsp3) is 0.938. The van der Waals surface area contributed by atoms with Crippen LogP contribution in [-0.4, -0.2) is 72.4 Å². The van der Waals surface area contributed by atoms with Crippen molar-refractivity contribution in [2.24, 2.45) is 5.41 Å². The average Bonchev–Trinajstić information content (AvgIpc) is 2.46. The van der Waals surface area contributed by atoms with Crippen LogP contribution in [0.5, 0.6) is 0 Å². The number of amides is 1. The molecule has 5 heteroatoms. The van der Waals surface area contributed by atoms with Crippen molar-refractivity contribution in [3.63, 3.8) is 0 Å². The summed E-state index contributed by atoms with van der Waals surface area (Å²) in [6, 6.07) is 0.240. The first-order valence-corrected chi connectivity index (χ1v) is 8.18. The van der Waals surface area contributed by atoms with Crippen LogP contribution in [0.4, 0.5) is 0 Å². The summed E-state index contributed by atoms with van der Waals surface area (Å²) < 4.78 is 5.77. The van der Waals surface area contributed by atoms with Crippen LogP contribution in [0.3, 0.4) is 0 Å². The van der Waals surface area contributed by atoms with E-state index >= 15 is 0 Å². The van der Waals surface area contributed by atoms with Crippen molar-refractivity contribution in [2.75, 3.05) is 33.3 Å². The van der Waals surface area contributed by atoms with E-state index in [4.69, 9.17) is 4.74 Å². The molecule has 2 unspecified atom stereocenters. The van der Waals surface area contributed by atoms with Gasteiger partial charge in [0.15, 0.2) is 0 Å². The zero-order valence-corrected chi connectivity index (χ0v) is 13.8. The van der Waals surface area contributed by atoms with Crippen LogP contribution in [0.25, 0.3) is 0 Å². The molecule has 2 rings (SSSR count). The Morgan fingerprint density at radius 2 is 2.05 bits per heavy atom. The van der Waals surface area contributed by atoms with Crippen LogP contribution in [0, 0.1) is 5.41 Å². The summed E-state index contributed by atoms with van der Waals surface area (Å²) in [5.41, 5.74) is -0.0560. The maximum atomic E-state index is 12.1. The highest BCUT2D eigenvalue weighted by Crippen LogP contribution is 2.50. The van der Waals surface area contributed by atoms with Crippen molar-refractivity contribution in [1.82, 2.24) is 9.80 Å². The number of carbonyl (C=O) groups excluding carboxylic acids is 1. The lowest BCUT2D eigenvalue weighted by molar-refractivity contribution is -0.209. The van der Waals surface area contributed by atoms with Crippen molar-refractivity contribution in [3.8, 4) is 0 Å². The number of piperidine rings is 1. The highest BCUT2D eigenvalue weighted by atomic mass is 16.5. The predicted octanol–water partition coefficient (Wildman–Crippen LogP) is 1.11. The molecule has 1 aliphatic carbocycles. The first-order valence-electron chi connectivity index (χ1n) is 8.18. The third kappa shape index (κ3) is 3.25. The minimum atomic E-state index is -0.231. The van der Waals surface area contributed by atoms with Crippen molar-refractivity contribution >= 4 is 5.91 Å². The second kappa shape index (κ2) is 6.63. The second-order valence-corrected chi connectivity index (χ2v) is 6.80. The van der Waals surface area contributed by atoms with Crippen LogP contribution in [0.1, 0.15) is 40.0 Å². The lowest BCUT2D eigenvalue weighted by Crippen LogP contribution is -2.62. The molecule has 0 aromatic heterocycles. The van der Waals surface area contributed by atoms with Crippen LogP contribution in [0.2, 0.25) is 0 Å². The summed E-state index contributed by atoms with van der Waals surface area (Å²) in [7, 11) is 1.86. The minimum absolute atomic E-state index is 0.0560. The summed E-state index contributed by atoms with van der Waals surface area (Å²) in [4.78, 5) is 16.1. The van der Waals surface area contributed by atoms with Gasteiger partial charge in [-0.3, -0.25) is 9.69 Å². The predicted molar refractivity (Wildman–Crippen MR) is 82.1 cm³/mol. The summed E-state index contributed by atoms with van der Waals surface area (Å²) in [5, 5.41) is 10.2. The monoisotopic (exact) mass is 298 g/mol. The zero-order chi connectivity index (χ0) is 15.6. The zero-order valence-electron chi connectivity index (χ0n) is 13.8. The molecule has 1 saturated carbocycles. The van der Waals surface area contributed by atoms with Gasteiger partial charge in [-0.1, -0.05) is 0 Å². The van der Waals surface area contributed by atoms with Crippen molar-refractivity contribution in [2.45, 2.75) is 58.3 Å². The molecule has 0 aromatic carbocycles. The van der Waals surface area contributed by atoms with Crippen molar-refractivity contribution in [1.29, 1.82) is 0 Å². The Morgan fingerprint density at radius 1 is 1.43 bits per heavy atom. The molecule has 2 atom stereocenters. The Balaban J connectivity index is 1.84. The normalized spacial score (nSPS) is 28.7. The standard InChI is InChI=1S/C16H30N2O3/c1-5-21-14-10-13(19)16(14)6-8-18(9-7-16)11-15(20)17(4)12(2)3/h12-14,19H,5-11H2,1-4H3. The summed E-state index contributed by atoms with van der Waals surface area (Å²) >= 11 is 0. The highest BCUT2D eigenvalue weighted by Gasteiger charge is 2.56. The fourth-order valence-corrected chi connectivity index (χ4v) is 3.53. The van der Waals surface area contributed by atoms with Gasteiger partial charge in [-0.25, -0.2) is 0 Å². The van der Waals surface area contributed by atoms with E-state index < -0.39 is 0 Å². The topological polar surface area (TPSA) is 53.0 Å². The van der Waals surface area contributed by atoms with Crippen LogP contribution in [-0.2, 0) is 9.53 Å². The maximum Gasteiger partial charge on any atom is 0.236 e. The molecule has 5 nitrogen and oxygen atoms in total. The molecular formula is C16H30N2O3. The number of aliphatic hydroxyl groups excluding tert-OH is 1. The van der Waals surface area contributed by atoms with E-state index in [9.17, 15) is 9.90 Å². The van der Waals surface area contributed by atoms with Crippen molar-refractivity contribution < 1.29 is 14.6 Å². The Morgan fingerprint density at radius 3 is 2.52 bits per heavy atom. The quantitative estimate of drug-likeness (QED) is 0.826. The number of aliphatic hydroxyl groups is 1. The van der Waals surface area contributed by atoms with E-state index in [2.05, 4.69) is 4.90 Å².